The first kappa shape index (κ1) is 9.33. The number of allylic oxidation sites excluding steroid dienone is 1. The summed E-state index contributed by atoms with van der Waals surface area (Å²) in [5.74, 6) is 0.378. The Labute approximate surface area is 93.9 Å². The highest BCUT2D eigenvalue weighted by atomic mass is 16.1. The number of anilines is 1. The number of Topliss-reactive ketones (excluding diaryl/α,β-unsaturated/α-hetero) is 1. The quantitative estimate of drug-likeness (QED) is 0.817. The van der Waals surface area contributed by atoms with E-state index in [-0.39, 0.29) is 11.7 Å². The number of ketones is 1. The van der Waals surface area contributed by atoms with Gasteiger partial charge < -0.3 is 5.32 Å². The molecule has 0 atom stereocenters. The fourth-order valence-corrected chi connectivity index (χ4v) is 1.75. The third kappa shape index (κ3) is 1.65. The van der Waals surface area contributed by atoms with Gasteiger partial charge in [-0.3, -0.25) is 9.79 Å². The second kappa shape index (κ2) is 3.59. The molecule has 1 heterocycles. The molecule has 80 valence electrons. The third-order valence-electron chi connectivity index (χ3n) is 2.87. The minimum atomic E-state index is 0.163. The molecule has 0 saturated heterocycles. The van der Waals surface area contributed by atoms with E-state index in [4.69, 9.17) is 0 Å². The molecule has 16 heavy (non-hydrogen) atoms. The van der Waals surface area contributed by atoms with Crippen molar-refractivity contribution in [2.75, 3.05) is 5.32 Å². The number of carbonyl (C=O) groups excluding carboxylic acids is 1. The van der Waals surface area contributed by atoms with Crippen molar-refractivity contribution in [2.45, 2.75) is 12.8 Å². The number of benzene rings is 1. The molecule has 3 nitrogen and oxygen atoms in total. The normalized spacial score (nSPS) is 18.1. The highest BCUT2D eigenvalue weighted by molar-refractivity contribution is 6.02. The summed E-state index contributed by atoms with van der Waals surface area (Å²) in [6.07, 6.45) is 5.49. The fraction of sp³-hybridized carbons (Fsp3) is 0.231. The molecule has 0 amide bonds. The van der Waals surface area contributed by atoms with Gasteiger partial charge in [0.05, 0.1) is 0 Å². The van der Waals surface area contributed by atoms with E-state index in [1.165, 1.54) is 0 Å². The van der Waals surface area contributed by atoms with Crippen molar-refractivity contribution in [1.82, 2.24) is 0 Å². The molecule has 1 aliphatic heterocycles. The highest BCUT2D eigenvalue weighted by Crippen LogP contribution is 2.33. The van der Waals surface area contributed by atoms with Crippen LogP contribution in [0.3, 0.4) is 0 Å². The predicted molar refractivity (Wildman–Crippen MR) is 63.5 cm³/mol. The van der Waals surface area contributed by atoms with E-state index >= 15 is 0 Å². The van der Waals surface area contributed by atoms with Gasteiger partial charge in [0, 0.05) is 29.6 Å². The maximum atomic E-state index is 11.8. The van der Waals surface area contributed by atoms with Crippen molar-refractivity contribution in [3.05, 3.63) is 41.7 Å². The lowest BCUT2D eigenvalue weighted by atomic mass is 10.2. The summed E-state index contributed by atoms with van der Waals surface area (Å²) in [6, 6.07) is 7.87. The second-order valence-corrected chi connectivity index (χ2v) is 4.16. The molecule has 0 bridgehead atoms. The second-order valence-electron chi connectivity index (χ2n) is 4.16. The Bertz CT molecular complexity index is 498. The zero-order valence-electron chi connectivity index (χ0n) is 8.81. The van der Waals surface area contributed by atoms with Gasteiger partial charge in [0.1, 0.15) is 5.70 Å². The number of rotatable bonds is 2. The Hall–Kier alpha value is -1.90. The first-order valence-electron chi connectivity index (χ1n) is 5.48. The van der Waals surface area contributed by atoms with E-state index in [2.05, 4.69) is 10.3 Å². The fourth-order valence-electron chi connectivity index (χ4n) is 1.75. The first-order valence-corrected chi connectivity index (χ1v) is 5.48. The summed E-state index contributed by atoms with van der Waals surface area (Å²) >= 11 is 0. The van der Waals surface area contributed by atoms with Gasteiger partial charge in [-0.15, -0.1) is 0 Å². The van der Waals surface area contributed by atoms with Crippen molar-refractivity contribution in [1.29, 1.82) is 0 Å². The SMILES string of the molecule is O=C(C1=CNc2ccccc2C=N1)C1CC1. The molecular formula is C13H12N2O. The van der Waals surface area contributed by atoms with E-state index in [1.807, 2.05) is 24.3 Å². The molecule has 3 heteroatoms. The summed E-state index contributed by atoms with van der Waals surface area (Å²) in [6.45, 7) is 0. The molecule has 1 N–H and O–H groups in total. The molecule has 0 aromatic heterocycles. The van der Waals surface area contributed by atoms with Crippen LogP contribution in [0.4, 0.5) is 5.69 Å². The predicted octanol–water partition coefficient (Wildman–Crippen LogP) is 2.35. The van der Waals surface area contributed by atoms with E-state index in [1.54, 1.807) is 12.4 Å². The number of nitrogens with one attached hydrogen (secondary N) is 1. The monoisotopic (exact) mass is 212 g/mol. The van der Waals surface area contributed by atoms with E-state index < -0.39 is 0 Å². The standard InChI is InChI=1S/C13H12N2O/c16-13(9-5-6-9)12-8-15-11-4-2-1-3-10(11)7-14-12/h1-4,7-9,15H,5-6H2. The van der Waals surface area contributed by atoms with E-state index in [0.717, 1.165) is 24.1 Å². The maximum absolute atomic E-state index is 11.8. The van der Waals surface area contributed by atoms with E-state index in [9.17, 15) is 4.79 Å². The largest absolute Gasteiger partial charge is 0.359 e. The van der Waals surface area contributed by atoms with Gasteiger partial charge in [-0.1, -0.05) is 18.2 Å². The average molecular weight is 212 g/mol. The number of para-hydroxylation sites is 1. The maximum Gasteiger partial charge on any atom is 0.185 e. The van der Waals surface area contributed by atoms with Crippen LogP contribution in [0.5, 0.6) is 0 Å². The molecule has 0 spiro atoms. The van der Waals surface area contributed by atoms with Gasteiger partial charge in [0.2, 0.25) is 0 Å². The summed E-state index contributed by atoms with van der Waals surface area (Å²) in [5, 5.41) is 3.13. The van der Waals surface area contributed by atoms with Crippen LogP contribution in [0, 0.1) is 5.92 Å². The van der Waals surface area contributed by atoms with Crippen molar-refractivity contribution in [2.24, 2.45) is 10.9 Å². The number of hydrogen-bond donors (Lipinski definition) is 1. The number of hydrogen-bond acceptors (Lipinski definition) is 3. The van der Waals surface area contributed by atoms with Crippen LogP contribution in [-0.4, -0.2) is 12.0 Å². The molecule has 1 saturated carbocycles. The van der Waals surface area contributed by atoms with Gasteiger partial charge in [-0.25, -0.2) is 0 Å². The summed E-state index contributed by atoms with van der Waals surface area (Å²) < 4.78 is 0. The van der Waals surface area contributed by atoms with Crippen LogP contribution in [0.1, 0.15) is 18.4 Å². The van der Waals surface area contributed by atoms with E-state index in [0.29, 0.717) is 5.70 Å². The van der Waals surface area contributed by atoms with Gasteiger partial charge in [-0.2, -0.15) is 0 Å². The third-order valence-corrected chi connectivity index (χ3v) is 2.87. The number of carbonyl (C=O) groups is 1. The Morgan fingerprint density at radius 1 is 1.31 bits per heavy atom. The van der Waals surface area contributed by atoms with Crippen LogP contribution in [0.25, 0.3) is 0 Å². The molecule has 0 radical (unpaired) electrons. The highest BCUT2D eigenvalue weighted by Gasteiger charge is 2.32. The minimum Gasteiger partial charge on any atom is -0.359 e. The van der Waals surface area contributed by atoms with Crippen molar-refractivity contribution < 1.29 is 4.79 Å². The Morgan fingerprint density at radius 3 is 2.94 bits per heavy atom. The molecule has 1 aromatic carbocycles. The molecule has 1 fully saturated rings. The zero-order chi connectivity index (χ0) is 11.0. The molecular weight excluding hydrogens is 200 g/mol. The summed E-state index contributed by atoms with van der Waals surface area (Å²) in [7, 11) is 0. The lowest BCUT2D eigenvalue weighted by molar-refractivity contribution is -0.116. The minimum absolute atomic E-state index is 0.163. The van der Waals surface area contributed by atoms with Crippen LogP contribution in [0.2, 0.25) is 0 Å². The van der Waals surface area contributed by atoms with Crippen LogP contribution >= 0.6 is 0 Å². The Balaban J connectivity index is 1.91. The molecule has 1 aromatic rings. The Morgan fingerprint density at radius 2 is 2.12 bits per heavy atom. The topological polar surface area (TPSA) is 41.5 Å². The van der Waals surface area contributed by atoms with Gasteiger partial charge in [0.15, 0.2) is 5.78 Å². The van der Waals surface area contributed by atoms with Gasteiger partial charge in [0.25, 0.3) is 0 Å². The van der Waals surface area contributed by atoms with Crippen molar-refractivity contribution >= 4 is 17.7 Å². The smallest absolute Gasteiger partial charge is 0.185 e. The lowest BCUT2D eigenvalue weighted by Crippen LogP contribution is -2.04. The molecule has 0 unspecified atom stereocenters. The van der Waals surface area contributed by atoms with Gasteiger partial charge >= 0.3 is 0 Å². The number of fused-ring (bicyclic) bond motifs is 1. The lowest BCUT2D eigenvalue weighted by Gasteiger charge is -2.01. The average Bonchev–Trinajstić information content (AvgIpc) is 3.15. The molecule has 1 aliphatic carbocycles. The van der Waals surface area contributed by atoms with Crippen molar-refractivity contribution in [3.8, 4) is 0 Å². The van der Waals surface area contributed by atoms with Gasteiger partial charge in [-0.05, 0) is 18.9 Å². The number of nitrogens with zero attached hydrogens (tertiary/aromatic N) is 1. The van der Waals surface area contributed by atoms with Crippen LogP contribution in [0.15, 0.2) is 41.2 Å². The first-order chi connectivity index (χ1) is 7.84. The van der Waals surface area contributed by atoms with Crippen LogP contribution in [-0.2, 0) is 4.79 Å². The zero-order valence-corrected chi connectivity index (χ0v) is 8.81. The van der Waals surface area contributed by atoms with Crippen molar-refractivity contribution in [3.63, 3.8) is 0 Å². The molecule has 3 rings (SSSR count). The van der Waals surface area contributed by atoms with Crippen LogP contribution < -0.4 is 5.32 Å². The summed E-state index contributed by atoms with van der Waals surface area (Å²) in [4.78, 5) is 16.1. The molecule has 2 aliphatic rings. The Kier molecular flexibility index (Phi) is 2.10. The number of aliphatic imine (C=N–C) groups is 1. The summed E-state index contributed by atoms with van der Waals surface area (Å²) in [5.41, 5.74) is 2.54.